The standard InChI is InChI=1S/C57H49N3/c1-5-42-54(40-29-31-51-46(33-40)43-24-14-16-26-49(43)59(51)41-22-10-7-11-23-41)58(4)56-53(45-30-28-39(34-48(45)57(56,2)3)36-18-8-6-9-19-36)55(42)60-50-27-17-15-25-44(50)47-32-37-20-12-13-21-38(37)35-52(47)60/h6-33,35,39,42,54-55H,5,34H2,1-4H3/t39?,42-,54?,55?/m0/s1. The van der Waals surface area contributed by atoms with E-state index in [1.165, 1.54) is 88.0 Å². The van der Waals surface area contributed by atoms with Gasteiger partial charge < -0.3 is 14.0 Å². The molecule has 0 fully saturated rings. The summed E-state index contributed by atoms with van der Waals surface area (Å²) in [7, 11) is 2.41. The Morgan fingerprint density at radius 3 is 1.93 bits per heavy atom. The van der Waals surface area contributed by atoms with Gasteiger partial charge in [-0.2, -0.15) is 0 Å². The molecule has 0 N–H and O–H groups in total. The minimum absolute atomic E-state index is 0.112. The highest BCUT2D eigenvalue weighted by molar-refractivity contribution is 6.13. The molecule has 0 spiro atoms. The van der Waals surface area contributed by atoms with Crippen LogP contribution in [0.1, 0.15) is 62.7 Å². The van der Waals surface area contributed by atoms with Gasteiger partial charge in [-0.05, 0) is 88.8 Å². The Morgan fingerprint density at radius 1 is 0.567 bits per heavy atom. The SMILES string of the molecule is CC[C@H]1C(c2ccc3c(c2)c2ccccc2n3-c2ccccc2)N(C)C2=C(C3=C(CC(c4ccccc4)C=C3)C2(C)C)C1n1c2ccccc2c2cc3ccccc3cc21. The third-order valence-electron chi connectivity index (χ3n) is 14.6. The van der Waals surface area contributed by atoms with Gasteiger partial charge in [0.25, 0.3) is 0 Å². The number of benzene rings is 7. The van der Waals surface area contributed by atoms with Crippen molar-refractivity contribution >= 4 is 54.4 Å². The smallest absolute Gasteiger partial charge is 0.0666 e. The number of nitrogens with zero attached hydrogens (tertiary/aromatic N) is 3. The molecular formula is C57H49N3. The van der Waals surface area contributed by atoms with Crippen LogP contribution in [-0.2, 0) is 0 Å². The molecule has 3 heterocycles. The predicted octanol–water partition coefficient (Wildman–Crippen LogP) is 14.6. The van der Waals surface area contributed by atoms with Crippen molar-refractivity contribution in [2.75, 3.05) is 7.05 Å². The maximum absolute atomic E-state index is 2.78. The lowest BCUT2D eigenvalue weighted by Gasteiger charge is -2.50. The first-order valence-corrected chi connectivity index (χ1v) is 21.9. The van der Waals surface area contributed by atoms with E-state index in [1.807, 2.05) is 0 Å². The summed E-state index contributed by atoms with van der Waals surface area (Å²) in [6.07, 6.45) is 7.07. The van der Waals surface area contributed by atoms with Crippen LogP contribution in [0.15, 0.2) is 198 Å². The van der Waals surface area contributed by atoms with Gasteiger partial charge in [0.05, 0.1) is 28.6 Å². The van der Waals surface area contributed by atoms with Crippen LogP contribution in [0.3, 0.4) is 0 Å². The number of hydrogen-bond acceptors (Lipinski definition) is 1. The molecule has 4 atom stereocenters. The lowest BCUT2D eigenvalue weighted by Crippen LogP contribution is -2.43. The summed E-state index contributed by atoms with van der Waals surface area (Å²) < 4.78 is 5.22. The summed E-state index contributed by atoms with van der Waals surface area (Å²) in [5, 5.41) is 7.85. The van der Waals surface area contributed by atoms with Crippen molar-refractivity contribution in [2.24, 2.45) is 11.3 Å². The average Bonchev–Trinajstić information content (AvgIpc) is 3.88. The lowest BCUT2D eigenvalue weighted by molar-refractivity contribution is 0.129. The third kappa shape index (κ3) is 4.96. The summed E-state index contributed by atoms with van der Waals surface area (Å²) >= 11 is 0. The zero-order valence-electron chi connectivity index (χ0n) is 34.8. The molecule has 12 rings (SSSR count). The van der Waals surface area contributed by atoms with Crippen molar-refractivity contribution in [3.05, 3.63) is 209 Å². The van der Waals surface area contributed by atoms with E-state index in [4.69, 9.17) is 0 Å². The van der Waals surface area contributed by atoms with Crippen LogP contribution in [0.2, 0.25) is 0 Å². The van der Waals surface area contributed by atoms with Crippen LogP contribution in [0.4, 0.5) is 0 Å². The van der Waals surface area contributed by atoms with Gasteiger partial charge in [0.1, 0.15) is 0 Å². The van der Waals surface area contributed by atoms with E-state index in [0.29, 0.717) is 5.92 Å². The molecule has 0 amide bonds. The van der Waals surface area contributed by atoms with Gasteiger partial charge in [0, 0.05) is 68.3 Å². The molecule has 1 aliphatic heterocycles. The van der Waals surface area contributed by atoms with Crippen LogP contribution >= 0.6 is 0 Å². The molecule has 0 saturated carbocycles. The Kier molecular flexibility index (Phi) is 7.79. The number of allylic oxidation sites excluding steroid dienone is 5. The zero-order valence-corrected chi connectivity index (χ0v) is 34.8. The van der Waals surface area contributed by atoms with Crippen LogP contribution in [0.25, 0.3) is 60.1 Å². The maximum Gasteiger partial charge on any atom is 0.0666 e. The molecule has 3 heteroatoms. The highest BCUT2D eigenvalue weighted by Crippen LogP contribution is 2.63. The number of fused-ring (bicyclic) bond motifs is 8. The van der Waals surface area contributed by atoms with E-state index in [0.717, 1.165) is 12.8 Å². The Morgan fingerprint density at radius 2 is 1.18 bits per heavy atom. The fourth-order valence-corrected chi connectivity index (χ4v) is 12.1. The second-order valence-electron chi connectivity index (χ2n) is 18.0. The Hall–Kier alpha value is -6.58. The maximum atomic E-state index is 2.78. The summed E-state index contributed by atoms with van der Waals surface area (Å²) in [4.78, 5) is 2.73. The first-order valence-electron chi connectivity index (χ1n) is 21.9. The minimum atomic E-state index is -0.161. The predicted molar refractivity (Wildman–Crippen MR) is 252 cm³/mol. The zero-order chi connectivity index (χ0) is 40.3. The quantitative estimate of drug-likeness (QED) is 0.170. The molecule has 0 radical (unpaired) electrons. The number of rotatable bonds is 5. The Bertz CT molecular complexity index is 3280. The van der Waals surface area contributed by atoms with Crippen molar-refractivity contribution in [1.82, 2.24) is 14.0 Å². The largest absolute Gasteiger partial charge is 0.369 e. The summed E-state index contributed by atoms with van der Waals surface area (Å²) in [6.45, 7) is 7.46. The normalized spacial score (nSPS) is 21.2. The minimum Gasteiger partial charge on any atom is -0.369 e. The highest BCUT2D eigenvalue weighted by atomic mass is 15.2. The third-order valence-corrected chi connectivity index (χ3v) is 14.6. The average molecular weight is 776 g/mol. The van der Waals surface area contributed by atoms with Crippen LogP contribution < -0.4 is 0 Å². The number of para-hydroxylation sites is 3. The van der Waals surface area contributed by atoms with Crippen LogP contribution in [0, 0.1) is 11.3 Å². The summed E-state index contributed by atoms with van der Waals surface area (Å²) in [5.41, 5.74) is 15.0. The van der Waals surface area contributed by atoms with Crippen molar-refractivity contribution in [3.63, 3.8) is 0 Å². The second kappa shape index (κ2) is 13.2. The lowest BCUT2D eigenvalue weighted by atomic mass is 9.73. The Labute approximate surface area is 352 Å². The second-order valence-corrected chi connectivity index (χ2v) is 18.0. The van der Waals surface area contributed by atoms with Gasteiger partial charge in [-0.15, -0.1) is 0 Å². The Balaban J connectivity index is 1.12. The van der Waals surface area contributed by atoms with Gasteiger partial charge in [-0.1, -0.05) is 154 Å². The van der Waals surface area contributed by atoms with Gasteiger partial charge in [-0.25, -0.2) is 0 Å². The van der Waals surface area contributed by atoms with E-state index < -0.39 is 0 Å². The number of aromatic nitrogens is 2. The molecular weight excluding hydrogens is 727 g/mol. The molecule has 60 heavy (non-hydrogen) atoms. The topological polar surface area (TPSA) is 13.1 Å². The van der Waals surface area contributed by atoms with E-state index in [9.17, 15) is 0 Å². The van der Waals surface area contributed by atoms with Gasteiger partial charge in [0.15, 0.2) is 0 Å². The molecule has 2 aromatic heterocycles. The van der Waals surface area contributed by atoms with E-state index in [1.54, 1.807) is 5.57 Å². The van der Waals surface area contributed by atoms with Crippen molar-refractivity contribution in [2.45, 2.75) is 51.6 Å². The summed E-state index contributed by atoms with van der Waals surface area (Å²) in [5.74, 6) is 0.637. The molecule has 292 valence electrons. The van der Waals surface area contributed by atoms with E-state index in [-0.39, 0.29) is 23.4 Å². The van der Waals surface area contributed by atoms with Crippen molar-refractivity contribution in [1.29, 1.82) is 0 Å². The molecule has 2 aliphatic carbocycles. The molecule has 0 bridgehead atoms. The molecule has 9 aromatic rings. The summed E-state index contributed by atoms with van der Waals surface area (Å²) in [6, 6.07) is 61.6. The number of hydrogen-bond donors (Lipinski definition) is 0. The molecule has 0 saturated heterocycles. The van der Waals surface area contributed by atoms with E-state index in [2.05, 4.69) is 218 Å². The van der Waals surface area contributed by atoms with Gasteiger partial charge in [0.2, 0.25) is 0 Å². The fraction of sp³-hybridized carbons (Fsp3) is 0.193. The van der Waals surface area contributed by atoms with Gasteiger partial charge >= 0.3 is 0 Å². The van der Waals surface area contributed by atoms with Crippen molar-refractivity contribution in [3.8, 4) is 5.69 Å². The highest BCUT2D eigenvalue weighted by Gasteiger charge is 2.53. The first kappa shape index (κ1) is 35.4. The molecule has 3 nitrogen and oxygen atoms in total. The fourth-order valence-electron chi connectivity index (χ4n) is 12.1. The molecule has 3 unspecified atom stereocenters. The van der Waals surface area contributed by atoms with Gasteiger partial charge in [-0.3, -0.25) is 0 Å². The van der Waals surface area contributed by atoms with E-state index >= 15 is 0 Å². The molecule has 3 aliphatic rings. The van der Waals surface area contributed by atoms with Crippen LogP contribution in [-0.4, -0.2) is 21.1 Å². The molecule has 7 aromatic carbocycles. The monoisotopic (exact) mass is 775 g/mol. The van der Waals surface area contributed by atoms with Crippen molar-refractivity contribution < 1.29 is 0 Å². The first-order chi connectivity index (χ1) is 29.4. The van der Waals surface area contributed by atoms with Crippen LogP contribution in [0.5, 0.6) is 0 Å².